The molecule has 3 saturated heterocycles. The summed E-state index contributed by atoms with van der Waals surface area (Å²) < 4.78 is 5.51. The van der Waals surface area contributed by atoms with Gasteiger partial charge in [0.05, 0.1) is 6.42 Å². The number of amides is 1. The number of pyridine rings is 1. The molecule has 1 amide bonds. The molecule has 0 atom stereocenters. The maximum atomic E-state index is 12.6. The van der Waals surface area contributed by atoms with Crippen LogP contribution in [-0.4, -0.2) is 66.1 Å². The van der Waals surface area contributed by atoms with Crippen molar-refractivity contribution < 1.29 is 9.53 Å². The third kappa shape index (κ3) is 4.09. The minimum absolute atomic E-state index is 0.257. The quantitative estimate of drug-likeness (QED) is 0.834. The van der Waals surface area contributed by atoms with Crippen LogP contribution in [0.4, 0.5) is 0 Å². The van der Waals surface area contributed by atoms with E-state index >= 15 is 0 Å². The molecule has 4 rings (SSSR count). The predicted molar refractivity (Wildman–Crippen MR) is 101 cm³/mol. The van der Waals surface area contributed by atoms with Crippen LogP contribution in [-0.2, 0) is 16.0 Å². The van der Waals surface area contributed by atoms with Crippen LogP contribution in [0, 0.1) is 5.41 Å². The third-order valence-electron chi connectivity index (χ3n) is 6.82. The Morgan fingerprint density at radius 2 is 1.81 bits per heavy atom. The van der Waals surface area contributed by atoms with Gasteiger partial charge >= 0.3 is 0 Å². The normalized spacial score (nSPS) is 24.7. The number of aromatic nitrogens is 1. The molecular formula is C21H31N3O2. The van der Waals surface area contributed by atoms with Gasteiger partial charge in [0.15, 0.2) is 0 Å². The molecule has 1 aromatic heterocycles. The van der Waals surface area contributed by atoms with Crippen molar-refractivity contribution in [3.63, 3.8) is 0 Å². The number of hydrogen-bond donors (Lipinski definition) is 0. The van der Waals surface area contributed by atoms with E-state index in [2.05, 4.69) is 14.8 Å². The van der Waals surface area contributed by atoms with Gasteiger partial charge in [-0.3, -0.25) is 9.78 Å². The summed E-state index contributed by atoms with van der Waals surface area (Å²) in [5.74, 6) is 0.257. The molecule has 1 aromatic rings. The van der Waals surface area contributed by atoms with Crippen molar-refractivity contribution in [1.29, 1.82) is 0 Å². The topological polar surface area (TPSA) is 45.7 Å². The second-order valence-electron chi connectivity index (χ2n) is 8.30. The first-order chi connectivity index (χ1) is 12.7. The Hall–Kier alpha value is -1.46. The molecule has 0 radical (unpaired) electrons. The van der Waals surface area contributed by atoms with Gasteiger partial charge < -0.3 is 14.5 Å². The SMILES string of the molecule is O=C(Cc1cccnc1)N1CCC2(CC1)CCN(C1CCOCC1)CC2. The average molecular weight is 357 g/mol. The lowest BCUT2D eigenvalue weighted by Gasteiger charge is -2.49. The van der Waals surface area contributed by atoms with Gasteiger partial charge in [-0.05, 0) is 68.7 Å². The first kappa shape index (κ1) is 17.9. The van der Waals surface area contributed by atoms with Gasteiger partial charge in [0, 0.05) is 44.7 Å². The zero-order valence-electron chi connectivity index (χ0n) is 15.7. The first-order valence-electron chi connectivity index (χ1n) is 10.2. The Morgan fingerprint density at radius 3 is 2.46 bits per heavy atom. The highest BCUT2D eigenvalue weighted by atomic mass is 16.5. The Balaban J connectivity index is 1.25. The van der Waals surface area contributed by atoms with Crippen molar-refractivity contribution in [2.45, 2.75) is 51.0 Å². The van der Waals surface area contributed by atoms with Crippen LogP contribution < -0.4 is 0 Å². The molecule has 5 heteroatoms. The predicted octanol–water partition coefficient (Wildman–Crippen LogP) is 2.51. The highest BCUT2D eigenvalue weighted by Crippen LogP contribution is 2.42. The summed E-state index contributed by atoms with van der Waals surface area (Å²) in [6.07, 6.45) is 11.4. The second kappa shape index (κ2) is 8.05. The molecule has 0 unspecified atom stereocenters. The molecule has 3 fully saturated rings. The van der Waals surface area contributed by atoms with Crippen LogP contribution in [0.3, 0.4) is 0 Å². The van der Waals surface area contributed by atoms with E-state index < -0.39 is 0 Å². The Kier molecular flexibility index (Phi) is 5.55. The smallest absolute Gasteiger partial charge is 0.227 e. The lowest BCUT2D eigenvalue weighted by atomic mass is 9.71. The summed E-state index contributed by atoms with van der Waals surface area (Å²) in [6, 6.07) is 4.63. The first-order valence-corrected chi connectivity index (χ1v) is 10.2. The van der Waals surface area contributed by atoms with Crippen molar-refractivity contribution in [2.24, 2.45) is 5.41 Å². The summed E-state index contributed by atoms with van der Waals surface area (Å²) in [5, 5.41) is 0. The third-order valence-corrected chi connectivity index (χ3v) is 6.82. The molecule has 1 spiro atoms. The van der Waals surface area contributed by atoms with Crippen LogP contribution in [0.25, 0.3) is 0 Å². The highest BCUT2D eigenvalue weighted by molar-refractivity contribution is 5.78. The summed E-state index contributed by atoms with van der Waals surface area (Å²) in [7, 11) is 0. The van der Waals surface area contributed by atoms with E-state index in [1.165, 1.54) is 51.6 Å². The highest BCUT2D eigenvalue weighted by Gasteiger charge is 2.39. The van der Waals surface area contributed by atoms with Gasteiger partial charge in [-0.2, -0.15) is 0 Å². The van der Waals surface area contributed by atoms with Gasteiger partial charge in [-0.1, -0.05) is 6.07 Å². The Morgan fingerprint density at radius 1 is 1.12 bits per heavy atom. The van der Waals surface area contributed by atoms with Crippen molar-refractivity contribution in [3.8, 4) is 0 Å². The molecular weight excluding hydrogens is 326 g/mol. The van der Waals surface area contributed by atoms with E-state index in [1.807, 2.05) is 12.1 Å². The van der Waals surface area contributed by atoms with Crippen LogP contribution >= 0.6 is 0 Å². The molecule has 0 aliphatic carbocycles. The Bertz CT molecular complexity index is 583. The van der Waals surface area contributed by atoms with E-state index in [4.69, 9.17) is 4.74 Å². The number of likely N-dealkylation sites (tertiary alicyclic amines) is 2. The van der Waals surface area contributed by atoms with Gasteiger partial charge in [0.1, 0.15) is 0 Å². The standard InChI is InChI=1S/C21H31N3O2/c25-20(16-18-2-1-9-22-17-18)24-12-7-21(8-13-24)5-10-23(11-6-21)19-3-14-26-15-4-19/h1-2,9,17,19H,3-8,10-16H2. The van der Waals surface area contributed by atoms with Crippen molar-refractivity contribution >= 4 is 5.91 Å². The van der Waals surface area contributed by atoms with Crippen LogP contribution in [0.1, 0.15) is 44.1 Å². The van der Waals surface area contributed by atoms with Crippen LogP contribution in [0.2, 0.25) is 0 Å². The number of rotatable bonds is 3. The number of nitrogens with zero attached hydrogens (tertiary/aromatic N) is 3. The zero-order chi connectivity index (χ0) is 17.8. The van der Waals surface area contributed by atoms with Gasteiger partial charge in [0.2, 0.25) is 5.91 Å². The van der Waals surface area contributed by atoms with Crippen molar-refractivity contribution in [3.05, 3.63) is 30.1 Å². The van der Waals surface area contributed by atoms with Gasteiger partial charge in [0.25, 0.3) is 0 Å². The van der Waals surface area contributed by atoms with Gasteiger partial charge in [-0.15, -0.1) is 0 Å². The minimum atomic E-state index is 0.257. The zero-order valence-corrected chi connectivity index (χ0v) is 15.7. The second-order valence-corrected chi connectivity index (χ2v) is 8.30. The lowest BCUT2D eigenvalue weighted by molar-refractivity contribution is -0.133. The number of ether oxygens (including phenoxy) is 1. The van der Waals surface area contributed by atoms with Gasteiger partial charge in [-0.25, -0.2) is 0 Å². The maximum absolute atomic E-state index is 12.6. The fourth-order valence-corrected chi connectivity index (χ4v) is 4.93. The minimum Gasteiger partial charge on any atom is -0.381 e. The molecule has 0 aromatic carbocycles. The molecule has 4 heterocycles. The fraction of sp³-hybridized carbons (Fsp3) is 0.714. The van der Waals surface area contributed by atoms with Crippen molar-refractivity contribution in [2.75, 3.05) is 39.4 Å². The molecule has 0 N–H and O–H groups in total. The lowest BCUT2D eigenvalue weighted by Crippen LogP contribution is -2.51. The molecule has 5 nitrogen and oxygen atoms in total. The average Bonchev–Trinajstić information content (AvgIpc) is 2.70. The fourth-order valence-electron chi connectivity index (χ4n) is 4.93. The number of carbonyl (C=O) groups is 1. The van der Waals surface area contributed by atoms with Crippen molar-refractivity contribution in [1.82, 2.24) is 14.8 Å². The van der Waals surface area contributed by atoms with E-state index in [-0.39, 0.29) is 5.91 Å². The molecule has 3 aliphatic heterocycles. The molecule has 3 aliphatic rings. The van der Waals surface area contributed by atoms with E-state index in [0.717, 1.165) is 37.9 Å². The summed E-state index contributed by atoms with van der Waals surface area (Å²) in [6.45, 7) is 6.18. The summed E-state index contributed by atoms with van der Waals surface area (Å²) >= 11 is 0. The largest absolute Gasteiger partial charge is 0.381 e. The Labute approximate surface area is 156 Å². The van der Waals surface area contributed by atoms with E-state index in [1.54, 1.807) is 12.4 Å². The number of hydrogen-bond acceptors (Lipinski definition) is 4. The van der Waals surface area contributed by atoms with Crippen LogP contribution in [0.15, 0.2) is 24.5 Å². The van der Waals surface area contributed by atoms with Crippen LogP contribution in [0.5, 0.6) is 0 Å². The molecule has 0 saturated carbocycles. The summed E-state index contributed by atoms with van der Waals surface area (Å²) in [4.78, 5) is 21.5. The maximum Gasteiger partial charge on any atom is 0.227 e. The molecule has 26 heavy (non-hydrogen) atoms. The molecule has 142 valence electrons. The molecule has 0 bridgehead atoms. The number of carbonyl (C=O) groups excluding carboxylic acids is 1. The van der Waals surface area contributed by atoms with E-state index in [0.29, 0.717) is 11.8 Å². The monoisotopic (exact) mass is 357 g/mol. The summed E-state index contributed by atoms with van der Waals surface area (Å²) in [5.41, 5.74) is 1.50. The number of piperidine rings is 2. The van der Waals surface area contributed by atoms with E-state index in [9.17, 15) is 4.79 Å².